The van der Waals surface area contributed by atoms with Crippen LogP contribution in [0.3, 0.4) is 0 Å². The van der Waals surface area contributed by atoms with Gasteiger partial charge in [-0.05, 0) is 25.5 Å². The van der Waals surface area contributed by atoms with Crippen LogP contribution >= 0.6 is 23.2 Å². The van der Waals surface area contributed by atoms with Crippen LogP contribution in [0.25, 0.3) is 0 Å². The van der Waals surface area contributed by atoms with Gasteiger partial charge in [0.05, 0.1) is 5.02 Å². The molecule has 66 valence electrons. The highest BCUT2D eigenvalue weighted by Gasteiger charge is 2.15. The van der Waals surface area contributed by atoms with E-state index in [1.165, 1.54) is 0 Å². The van der Waals surface area contributed by atoms with Crippen LogP contribution in [0.4, 0.5) is 0 Å². The molecule has 0 aromatic carbocycles. The molecule has 0 saturated heterocycles. The van der Waals surface area contributed by atoms with Gasteiger partial charge < -0.3 is 5.73 Å². The fraction of sp³-hybridized carbons (Fsp3) is 0.375. The molecule has 2 N–H and O–H groups in total. The molecule has 0 saturated carbocycles. The summed E-state index contributed by atoms with van der Waals surface area (Å²) in [5.41, 5.74) is 6.28. The van der Waals surface area contributed by atoms with Crippen LogP contribution in [0.15, 0.2) is 12.3 Å². The van der Waals surface area contributed by atoms with E-state index in [2.05, 4.69) is 4.98 Å². The maximum atomic E-state index is 5.83. The molecule has 0 fully saturated rings. The fourth-order valence-electron chi connectivity index (χ4n) is 0.774. The van der Waals surface area contributed by atoms with E-state index < -0.39 is 5.54 Å². The first-order valence-corrected chi connectivity index (χ1v) is 4.27. The molecular formula is C8H10Cl2N2. The van der Waals surface area contributed by atoms with Crippen molar-refractivity contribution in [3.8, 4) is 0 Å². The van der Waals surface area contributed by atoms with Gasteiger partial charge >= 0.3 is 0 Å². The van der Waals surface area contributed by atoms with E-state index in [4.69, 9.17) is 28.9 Å². The molecule has 1 rings (SSSR count). The molecule has 0 aliphatic rings. The summed E-state index contributed by atoms with van der Waals surface area (Å²) < 4.78 is 0. The van der Waals surface area contributed by atoms with Crippen LogP contribution < -0.4 is 5.73 Å². The van der Waals surface area contributed by atoms with Crippen molar-refractivity contribution >= 4 is 23.2 Å². The van der Waals surface area contributed by atoms with E-state index in [-0.39, 0.29) is 0 Å². The smallest absolute Gasteiger partial charge is 0.147 e. The molecule has 0 spiro atoms. The summed E-state index contributed by atoms with van der Waals surface area (Å²) in [7, 11) is 0. The monoisotopic (exact) mass is 204 g/mol. The van der Waals surface area contributed by atoms with Crippen molar-refractivity contribution in [3.63, 3.8) is 0 Å². The zero-order valence-electron chi connectivity index (χ0n) is 6.94. The first-order chi connectivity index (χ1) is 5.41. The minimum Gasteiger partial charge on any atom is -0.322 e. The van der Waals surface area contributed by atoms with Gasteiger partial charge in [0.1, 0.15) is 5.15 Å². The van der Waals surface area contributed by atoms with Crippen molar-refractivity contribution in [2.45, 2.75) is 19.4 Å². The largest absolute Gasteiger partial charge is 0.322 e. The van der Waals surface area contributed by atoms with Gasteiger partial charge in [-0.15, -0.1) is 0 Å². The molecule has 0 aliphatic carbocycles. The van der Waals surface area contributed by atoms with Crippen LogP contribution in [-0.4, -0.2) is 4.98 Å². The minimum atomic E-state index is -0.429. The van der Waals surface area contributed by atoms with Crippen LogP contribution in [0.1, 0.15) is 19.4 Å². The van der Waals surface area contributed by atoms with Gasteiger partial charge in [-0.2, -0.15) is 0 Å². The van der Waals surface area contributed by atoms with Crippen molar-refractivity contribution in [1.82, 2.24) is 4.98 Å². The van der Waals surface area contributed by atoms with Crippen molar-refractivity contribution in [2.75, 3.05) is 0 Å². The number of nitrogens with two attached hydrogens (primary N) is 1. The van der Waals surface area contributed by atoms with E-state index in [0.29, 0.717) is 10.2 Å². The zero-order valence-corrected chi connectivity index (χ0v) is 8.45. The molecule has 2 nitrogen and oxygen atoms in total. The molecule has 0 bridgehead atoms. The Labute approximate surface area is 81.7 Å². The highest BCUT2D eigenvalue weighted by molar-refractivity contribution is 6.41. The molecule has 0 radical (unpaired) electrons. The average Bonchev–Trinajstić information content (AvgIpc) is 1.92. The second-order valence-electron chi connectivity index (χ2n) is 3.22. The number of hydrogen-bond acceptors (Lipinski definition) is 2. The maximum absolute atomic E-state index is 5.83. The van der Waals surface area contributed by atoms with Crippen molar-refractivity contribution in [2.24, 2.45) is 5.73 Å². The normalized spacial score (nSPS) is 11.8. The number of hydrogen-bond donors (Lipinski definition) is 1. The Bertz CT molecular complexity index is 292. The lowest BCUT2D eigenvalue weighted by Crippen LogP contribution is -2.28. The highest BCUT2D eigenvalue weighted by atomic mass is 35.5. The Morgan fingerprint density at radius 2 is 2.00 bits per heavy atom. The predicted octanol–water partition coefficient (Wildman–Crippen LogP) is 2.58. The summed E-state index contributed by atoms with van der Waals surface area (Å²) in [6.45, 7) is 3.77. The van der Waals surface area contributed by atoms with E-state index >= 15 is 0 Å². The molecule has 1 aromatic heterocycles. The van der Waals surface area contributed by atoms with Crippen LogP contribution in [0, 0.1) is 0 Å². The molecule has 0 atom stereocenters. The van der Waals surface area contributed by atoms with Crippen molar-refractivity contribution < 1.29 is 0 Å². The maximum Gasteiger partial charge on any atom is 0.147 e. The fourth-order valence-corrected chi connectivity index (χ4v) is 1.04. The SMILES string of the molecule is CC(C)(N)c1cnc(Cl)c(Cl)c1. The van der Waals surface area contributed by atoms with E-state index in [1.807, 2.05) is 13.8 Å². The molecular weight excluding hydrogens is 195 g/mol. The Kier molecular flexibility index (Phi) is 2.61. The molecule has 0 amide bonds. The summed E-state index contributed by atoms with van der Waals surface area (Å²) >= 11 is 11.4. The standard InChI is InChI=1S/C8H10Cl2N2/c1-8(2,11)5-3-6(9)7(10)12-4-5/h3-4H,11H2,1-2H3. The lowest BCUT2D eigenvalue weighted by atomic mass is 9.98. The zero-order chi connectivity index (χ0) is 9.35. The summed E-state index contributed by atoms with van der Waals surface area (Å²) in [6.07, 6.45) is 1.63. The quantitative estimate of drug-likeness (QED) is 0.715. The second-order valence-corrected chi connectivity index (χ2v) is 3.98. The lowest BCUT2D eigenvalue weighted by molar-refractivity contribution is 0.552. The summed E-state index contributed by atoms with van der Waals surface area (Å²) in [5.74, 6) is 0. The molecule has 1 heterocycles. The highest BCUT2D eigenvalue weighted by Crippen LogP contribution is 2.24. The first-order valence-electron chi connectivity index (χ1n) is 3.51. The summed E-state index contributed by atoms with van der Waals surface area (Å²) in [5, 5.41) is 0.748. The third-order valence-electron chi connectivity index (χ3n) is 1.54. The Hall–Kier alpha value is -0.310. The van der Waals surface area contributed by atoms with Crippen LogP contribution in [-0.2, 0) is 5.54 Å². The summed E-state index contributed by atoms with van der Waals surface area (Å²) in [4.78, 5) is 3.90. The topological polar surface area (TPSA) is 38.9 Å². The first kappa shape index (κ1) is 9.78. The average molecular weight is 205 g/mol. The summed E-state index contributed by atoms with van der Waals surface area (Å²) in [6, 6.07) is 1.73. The Morgan fingerprint density at radius 1 is 1.42 bits per heavy atom. The molecule has 1 aromatic rings. The van der Waals surface area contributed by atoms with Gasteiger partial charge in [0, 0.05) is 11.7 Å². The molecule has 0 aliphatic heterocycles. The van der Waals surface area contributed by atoms with Crippen molar-refractivity contribution in [1.29, 1.82) is 0 Å². The Balaban J connectivity index is 3.14. The van der Waals surface area contributed by atoms with E-state index in [1.54, 1.807) is 12.3 Å². The molecule has 12 heavy (non-hydrogen) atoms. The third-order valence-corrected chi connectivity index (χ3v) is 2.23. The number of halogens is 2. The van der Waals surface area contributed by atoms with Crippen molar-refractivity contribution in [3.05, 3.63) is 28.0 Å². The second kappa shape index (κ2) is 3.21. The van der Waals surface area contributed by atoms with Gasteiger partial charge in [-0.25, -0.2) is 4.98 Å². The lowest BCUT2D eigenvalue weighted by Gasteiger charge is -2.18. The number of pyridine rings is 1. The van der Waals surface area contributed by atoms with Crippen LogP contribution in [0.5, 0.6) is 0 Å². The van der Waals surface area contributed by atoms with E-state index in [0.717, 1.165) is 5.56 Å². The minimum absolute atomic E-state index is 0.310. The van der Waals surface area contributed by atoms with Crippen LogP contribution in [0.2, 0.25) is 10.2 Å². The molecule has 4 heteroatoms. The van der Waals surface area contributed by atoms with E-state index in [9.17, 15) is 0 Å². The third kappa shape index (κ3) is 2.09. The number of rotatable bonds is 1. The van der Waals surface area contributed by atoms with Gasteiger partial charge in [0.25, 0.3) is 0 Å². The van der Waals surface area contributed by atoms with Gasteiger partial charge in [-0.3, -0.25) is 0 Å². The van der Waals surface area contributed by atoms with Gasteiger partial charge in [0.2, 0.25) is 0 Å². The predicted molar refractivity (Wildman–Crippen MR) is 51.5 cm³/mol. The number of aromatic nitrogens is 1. The Morgan fingerprint density at radius 3 is 2.42 bits per heavy atom. The van der Waals surface area contributed by atoms with Gasteiger partial charge in [0.15, 0.2) is 0 Å². The number of nitrogens with zero attached hydrogens (tertiary/aromatic N) is 1. The van der Waals surface area contributed by atoms with Gasteiger partial charge in [-0.1, -0.05) is 23.2 Å². The molecule has 0 unspecified atom stereocenters.